The fourth-order valence-electron chi connectivity index (χ4n) is 2.39. The van der Waals surface area contributed by atoms with Crippen LogP contribution in [0, 0.1) is 5.82 Å². The Morgan fingerprint density at radius 3 is 2.74 bits per heavy atom. The standard InChI is InChI=1S/C18H14FN3O4S/c1-10(16(23)20-13-6-7-14-15(8-13)25-9-24-14)27-18-22-21-17(26-18)11-2-4-12(19)5-3-11/h2-8,10H,9H2,1H3,(H,20,23)/t10-/m1/s1. The molecule has 2 aromatic carbocycles. The second kappa shape index (κ2) is 7.28. The van der Waals surface area contributed by atoms with E-state index in [1.807, 2.05) is 0 Å². The van der Waals surface area contributed by atoms with Gasteiger partial charge < -0.3 is 19.2 Å². The van der Waals surface area contributed by atoms with E-state index in [1.54, 1.807) is 37.3 Å². The zero-order valence-corrected chi connectivity index (χ0v) is 15.0. The van der Waals surface area contributed by atoms with Gasteiger partial charge in [-0.2, -0.15) is 0 Å². The van der Waals surface area contributed by atoms with E-state index in [-0.39, 0.29) is 29.6 Å². The summed E-state index contributed by atoms with van der Waals surface area (Å²) in [5.41, 5.74) is 1.21. The van der Waals surface area contributed by atoms with Gasteiger partial charge in [-0.05, 0) is 43.3 Å². The average Bonchev–Trinajstić information content (AvgIpc) is 3.31. The Balaban J connectivity index is 1.39. The van der Waals surface area contributed by atoms with E-state index in [1.165, 1.54) is 12.1 Å². The largest absolute Gasteiger partial charge is 0.454 e. The highest BCUT2D eigenvalue weighted by atomic mass is 32.2. The lowest BCUT2D eigenvalue weighted by atomic mass is 10.2. The predicted octanol–water partition coefficient (Wildman–Crippen LogP) is 3.72. The van der Waals surface area contributed by atoms with Gasteiger partial charge in [-0.3, -0.25) is 4.79 Å². The van der Waals surface area contributed by atoms with Crippen molar-refractivity contribution in [1.29, 1.82) is 0 Å². The highest BCUT2D eigenvalue weighted by Crippen LogP contribution is 2.34. The zero-order chi connectivity index (χ0) is 18.8. The van der Waals surface area contributed by atoms with E-state index in [0.717, 1.165) is 11.8 Å². The first-order valence-corrected chi connectivity index (χ1v) is 8.93. The summed E-state index contributed by atoms with van der Waals surface area (Å²) in [6, 6.07) is 10.9. The molecule has 0 radical (unpaired) electrons. The third-order valence-electron chi connectivity index (χ3n) is 3.78. The summed E-state index contributed by atoms with van der Waals surface area (Å²) in [7, 11) is 0. The SMILES string of the molecule is C[C@@H](Sc1nnc(-c2ccc(F)cc2)o1)C(=O)Nc1ccc2c(c1)OCO2. The van der Waals surface area contributed by atoms with Crippen LogP contribution in [0.2, 0.25) is 0 Å². The maximum atomic E-state index is 13.0. The molecule has 3 aromatic rings. The van der Waals surface area contributed by atoms with Gasteiger partial charge in [0.2, 0.25) is 18.6 Å². The van der Waals surface area contributed by atoms with Gasteiger partial charge in [0.05, 0.1) is 5.25 Å². The van der Waals surface area contributed by atoms with Crippen molar-refractivity contribution in [3.8, 4) is 23.0 Å². The number of fused-ring (bicyclic) bond motifs is 1. The van der Waals surface area contributed by atoms with Gasteiger partial charge in [0, 0.05) is 17.3 Å². The zero-order valence-electron chi connectivity index (χ0n) is 14.1. The minimum Gasteiger partial charge on any atom is -0.454 e. The molecule has 1 N–H and O–H groups in total. The Labute approximate surface area is 157 Å². The van der Waals surface area contributed by atoms with Crippen LogP contribution in [0.1, 0.15) is 6.92 Å². The summed E-state index contributed by atoms with van der Waals surface area (Å²) in [4.78, 5) is 12.4. The lowest BCUT2D eigenvalue weighted by Gasteiger charge is -2.10. The van der Waals surface area contributed by atoms with Crippen LogP contribution in [0.5, 0.6) is 11.5 Å². The number of ether oxygens (including phenoxy) is 2. The highest BCUT2D eigenvalue weighted by molar-refractivity contribution is 8.00. The first-order chi connectivity index (χ1) is 13.1. The van der Waals surface area contributed by atoms with Crippen LogP contribution in [0.3, 0.4) is 0 Å². The molecule has 1 amide bonds. The Bertz CT molecular complexity index is 977. The molecule has 27 heavy (non-hydrogen) atoms. The molecule has 1 aliphatic rings. The number of thioether (sulfide) groups is 1. The van der Waals surface area contributed by atoms with E-state index in [4.69, 9.17) is 13.9 Å². The molecule has 0 unspecified atom stereocenters. The molecular weight excluding hydrogens is 373 g/mol. The highest BCUT2D eigenvalue weighted by Gasteiger charge is 2.20. The van der Waals surface area contributed by atoms with Gasteiger partial charge in [-0.15, -0.1) is 10.2 Å². The number of aromatic nitrogens is 2. The number of hydrogen-bond acceptors (Lipinski definition) is 7. The quantitative estimate of drug-likeness (QED) is 0.668. The number of carbonyl (C=O) groups excluding carboxylic acids is 1. The van der Waals surface area contributed by atoms with E-state index >= 15 is 0 Å². The van der Waals surface area contributed by atoms with Gasteiger partial charge in [-0.25, -0.2) is 4.39 Å². The van der Waals surface area contributed by atoms with Crippen molar-refractivity contribution in [3.05, 3.63) is 48.3 Å². The minimum absolute atomic E-state index is 0.173. The third-order valence-corrected chi connectivity index (χ3v) is 4.72. The Morgan fingerprint density at radius 1 is 1.15 bits per heavy atom. The molecular formula is C18H14FN3O4S. The number of nitrogens with one attached hydrogen (secondary N) is 1. The number of carbonyl (C=O) groups is 1. The molecule has 9 heteroatoms. The maximum Gasteiger partial charge on any atom is 0.277 e. The number of halogens is 1. The number of benzene rings is 2. The van der Waals surface area contributed by atoms with E-state index in [9.17, 15) is 9.18 Å². The van der Waals surface area contributed by atoms with Crippen LogP contribution in [0.4, 0.5) is 10.1 Å². The van der Waals surface area contributed by atoms with Crippen LogP contribution in [-0.4, -0.2) is 28.1 Å². The molecule has 0 aliphatic carbocycles. The summed E-state index contributed by atoms with van der Waals surface area (Å²) in [6.07, 6.45) is 0. The predicted molar refractivity (Wildman–Crippen MR) is 96.2 cm³/mol. The summed E-state index contributed by atoms with van der Waals surface area (Å²) >= 11 is 1.13. The molecule has 0 fully saturated rings. The summed E-state index contributed by atoms with van der Waals surface area (Å²) in [6.45, 7) is 1.90. The molecule has 0 saturated carbocycles. The number of nitrogens with zero attached hydrogens (tertiary/aromatic N) is 2. The van der Waals surface area contributed by atoms with Crippen molar-refractivity contribution in [1.82, 2.24) is 10.2 Å². The third kappa shape index (κ3) is 3.87. The second-order valence-corrected chi connectivity index (χ2v) is 6.99. The Hall–Kier alpha value is -3.07. The summed E-state index contributed by atoms with van der Waals surface area (Å²) in [5, 5.41) is 10.4. The van der Waals surface area contributed by atoms with Crippen molar-refractivity contribution >= 4 is 23.4 Å². The number of rotatable bonds is 5. The first kappa shape index (κ1) is 17.3. The van der Waals surface area contributed by atoms with Gasteiger partial charge in [-0.1, -0.05) is 11.8 Å². The monoisotopic (exact) mass is 387 g/mol. The molecule has 1 aromatic heterocycles. The first-order valence-electron chi connectivity index (χ1n) is 8.05. The van der Waals surface area contributed by atoms with Gasteiger partial charge >= 0.3 is 0 Å². The van der Waals surface area contributed by atoms with Crippen molar-refractivity contribution in [2.75, 3.05) is 12.1 Å². The van der Waals surface area contributed by atoms with Crippen LogP contribution >= 0.6 is 11.8 Å². The van der Waals surface area contributed by atoms with Crippen molar-refractivity contribution in [2.45, 2.75) is 17.4 Å². The van der Waals surface area contributed by atoms with Crippen LogP contribution < -0.4 is 14.8 Å². The van der Waals surface area contributed by atoms with Crippen LogP contribution in [0.25, 0.3) is 11.5 Å². The molecule has 0 saturated heterocycles. The topological polar surface area (TPSA) is 86.5 Å². The molecule has 1 atom stereocenters. The minimum atomic E-state index is -0.475. The summed E-state index contributed by atoms with van der Waals surface area (Å²) < 4.78 is 29.1. The van der Waals surface area contributed by atoms with Crippen molar-refractivity contribution in [2.24, 2.45) is 0 Å². The lowest BCUT2D eigenvalue weighted by Crippen LogP contribution is -2.22. The normalized spacial score (nSPS) is 13.4. The van der Waals surface area contributed by atoms with Gasteiger partial charge in [0.15, 0.2) is 11.5 Å². The second-order valence-electron chi connectivity index (χ2n) is 5.70. The summed E-state index contributed by atoms with van der Waals surface area (Å²) in [5.74, 6) is 0.937. The Kier molecular flexibility index (Phi) is 4.68. The van der Waals surface area contributed by atoms with Crippen LogP contribution in [0.15, 0.2) is 52.1 Å². The lowest BCUT2D eigenvalue weighted by molar-refractivity contribution is -0.115. The van der Waals surface area contributed by atoms with Crippen molar-refractivity contribution < 1.29 is 23.1 Å². The number of anilines is 1. The molecule has 1 aliphatic heterocycles. The number of hydrogen-bond donors (Lipinski definition) is 1. The maximum absolute atomic E-state index is 13.0. The van der Waals surface area contributed by atoms with Crippen LogP contribution in [-0.2, 0) is 4.79 Å². The number of amides is 1. The smallest absolute Gasteiger partial charge is 0.277 e. The van der Waals surface area contributed by atoms with E-state index in [2.05, 4.69) is 15.5 Å². The molecule has 4 rings (SSSR count). The van der Waals surface area contributed by atoms with E-state index < -0.39 is 5.25 Å². The average molecular weight is 387 g/mol. The molecule has 0 bridgehead atoms. The van der Waals surface area contributed by atoms with Gasteiger partial charge in [0.25, 0.3) is 5.22 Å². The molecule has 138 valence electrons. The fraction of sp³-hybridized carbons (Fsp3) is 0.167. The molecule has 7 nitrogen and oxygen atoms in total. The molecule has 2 heterocycles. The fourth-order valence-corrected chi connectivity index (χ4v) is 3.07. The van der Waals surface area contributed by atoms with Crippen molar-refractivity contribution in [3.63, 3.8) is 0 Å². The van der Waals surface area contributed by atoms with Gasteiger partial charge in [0.1, 0.15) is 5.82 Å². The molecule has 0 spiro atoms. The Morgan fingerprint density at radius 2 is 1.93 bits per heavy atom. The van der Waals surface area contributed by atoms with E-state index in [0.29, 0.717) is 22.7 Å².